The molecule has 0 unspecified atom stereocenters. The predicted molar refractivity (Wildman–Crippen MR) is 64.6 cm³/mol. The van der Waals surface area contributed by atoms with Gasteiger partial charge in [0.2, 0.25) is 0 Å². The lowest BCUT2D eigenvalue weighted by Gasteiger charge is -2.10. The molecule has 84 valence electrons. The highest BCUT2D eigenvalue weighted by Gasteiger charge is 1.98. The summed E-state index contributed by atoms with van der Waals surface area (Å²) in [5, 5.41) is 6.68. The van der Waals surface area contributed by atoms with Crippen molar-refractivity contribution in [2.75, 3.05) is 32.1 Å². The standard InChI is InChI=1S/C12H20N2O/c1-3-8-13-9-10-14-11-6-4-5-7-12(11)15-2/h4-7,13-14H,3,8-10H2,1-2H3. The van der Waals surface area contributed by atoms with Crippen LogP contribution in [0.1, 0.15) is 13.3 Å². The summed E-state index contributed by atoms with van der Waals surface area (Å²) in [5.74, 6) is 0.896. The Morgan fingerprint density at radius 1 is 1.13 bits per heavy atom. The number of anilines is 1. The van der Waals surface area contributed by atoms with Crippen molar-refractivity contribution in [1.29, 1.82) is 0 Å². The first kappa shape index (κ1) is 11.9. The van der Waals surface area contributed by atoms with E-state index in [1.807, 2.05) is 24.3 Å². The zero-order valence-corrected chi connectivity index (χ0v) is 9.55. The molecular weight excluding hydrogens is 188 g/mol. The van der Waals surface area contributed by atoms with Gasteiger partial charge < -0.3 is 15.4 Å². The second-order valence-electron chi connectivity index (χ2n) is 3.38. The smallest absolute Gasteiger partial charge is 0.141 e. The first-order valence-corrected chi connectivity index (χ1v) is 5.46. The summed E-state index contributed by atoms with van der Waals surface area (Å²) in [5.41, 5.74) is 1.05. The molecule has 0 aliphatic carbocycles. The van der Waals surface area contributed by atoms with E-state index >= 15 is 0 Å². The van der Waals surface area contributed by atoms with Gasteiger partial charge in [-0.2, -0.15) is 0 Å². The summed E-state index contributed by atoms with van der Waals surface area (Å²) in [4.78, 5) is 0. The van der Waals surface area contributed by atoms with Crippen LogP contribution in [-0.4, -0.2) is 26.7 Å². The van der Waals surface area contributed by atoms with Crippen molar-refractivity contribution >= 4 is 5.69 Å². The summed E-state index contributed by atoms with van der Waals surface area (Å²) in [6, 6.07) is 7.96. The van der Waals surface area contributed by atoms with Gasteiger partial charge in [0, 0.05) is 13.1 Å². The maximum Gasteiger partial charge on any atom is 0.141 e. The van der Waals surface area contributed by atoms with E-state index in [4.69, 9.17) is 4.74 Å². The Morgan fingerprint density at radius 2 is 1.93 bits per heavy atom. The first-order chi connectivity index (χ1) is 7.38. The lowest BCUT2D eigenvalue weighted by Crippen LogP contribution is -2.22. The van der Waals surface area contributed by atoms with Crippen molar-refractivity contribution in [2.45, 2.75) is 13.3 Å². The third-order valence-electron chi connectivity index (χ3n) is 2.15. The van der Waals surface area contributed by atoms with E-state index in [-0.39, 0.29) is 0 Å². The van der Waals surface area contributed by atoms with Crippen LogP contribution in [0.2, 0.25) is 0 Å². The first-order valence-electron chi connectivity index (χ1n) is 5.46. The lowest BCUT2D eigenvalue weighted by molar-refractivity contribution is 0.416. The molecule has 0 spiro atoms. The molecule has 0 fully saturated rings. The Morgan fingerprint density at radius 3 is 2.67 bits per heavy atom. The van der Waals surface area contributed by atoms with Crippen molar-refractivity contribution in [3.63, 3.8) is 0 Å². The quantitative estimate of drug-likeness (QED) is 0.673. The molecule has 2 N–H and O–H groups in total. The van der Waals surface area contributed by atoms with Crippen molar-refractivity contribution < 1.29 is 4.74 Å². The summed E-state index contributed by atoms with van der Waals surface area (Å²) in [6.07, 6.45) is 1.18. The number of ether oxygens (including phenoxy) is 1. The number of nitrogens with one attached hydrogen (secondary N) is 2. The Balaban J connectivity index is 2.30. The molecule has 0 aliphatic rings. The number of benzene rings is 1. The Bertz CT molecular complexity index is 276. The Labute approximate surface area is 91.8 Å². The fourth-order valence-corrected chi connectivity index (χ4v) is 1.38. The van der Waals surface area contributed by atoms with Gasteiger partial charge in [-0.25, -0.2) is 0 Å². The van der Waals surface area contributed by atoms with Crippen LogP contribution < -0.4 is 15.4 Å². The molecule has 0 aliphatic heterocycles. The van der Waals surface area contributed by atoms with Crippen LogP contribution in [0, 0.1) is 0 Å². The van der Waals surface area contributed by atoms with Gasteiger partial charge in [0.25, 0.3) is 0 Å². The highest BCUT2D eigenvalue weighted by molar-refractivity contribution is 5.55. The Kier molecular flexibility index (Phi) is 5.63. The number of hydrogen-bond donors (Lipinski definition) is 2. The largest absolute Gasteiger partial charge is 0.495 e. The molecular formula is C12H20N2O. The monoisotopic (exact) mass is 208 g/mol. The van der Waals surface area contributed by atoms with E-state index in [1.54, 1.807) is 7.11 Å². The highest BCUT2D eigenvalue weighted by atomic mass is 16.5. The molecule has 0 saturated carbocycles. The molecule has 1 rings (SSSR count). The molecule has 1 aromatic rings. The number of para-hydroxylation sites is 2. The molecule has 3 heteroatoms. The van der Waals surface area contributed by atoms with Crippen LogP contribution in [0.15, 0.2) is 24.3 Å². The summed E-state index contributed by atoms with van der Waals surface area (Å²) in [6.45, 7) is 5.14. The molecule has 3 nitrogen and oxygen atoms in total. The van der Waals surface area contributed by atoms with Crippen LogP contribution in [0.4, 0.5) is 5.69 Å². The van der Waals surface area contributed by atoms with Gasteiger partial charge in [-0.15, -0.1) is 0 Å². The number of rotatable bonds is 7. The van der Waals surface area contributed by atoms with Crippen LogP contribution in [0.3, 0.4) is 0 Å². The van der Waals surface area contributed by atoms with E-state index in [0.29, 0.717) is 0 Å². The van der Waals surface area contributed by atoms with Crippen LogP contribution in [0.5, 0.6) is 5.75 Å². The lowest BCUT2D eigenvalue weighted by atomic mass is 10.3. The second kappa shape index (κ2) is 7.12. The highest BCUT2D eigenvalue weighted by Crippen LogP contribution is 2.22. The van der Waals surface area contributed by atoms with Crippen molar-refractivity contribution in [3.8, 4) is 5.75 Å². The maximum absolute atomic E-state index is 5.24. The molecule has 0 bridgehead atoms. The van der Waals surface area contributed by atoms with Crippen molar-refractivity contribution in [3.05, 3.63) is 24.3 Å². The minimum atomic E-state index is 0.896. The van der Waals surface area contributed by atoms with Crippen LogP contribution in [-0.2, 0) is 0 Å². The molecule has 0 atom stereocenters. The molecule has 0 aromatic heterocycles. The minimum Gasteiger partial charge on any atom is -0.495 e. The van der Waals surface area contributed by atoms with Gasteiger partial charge in [0.05, 0.1) is 12.8 Å². The van der Waals surface area contributed by atoms with E-state index in [9.17, 15) is 0 Å². The molecule has 0 amide bonds. The molecule has 1 aromatic carbocycles. The molecule has 0 radical (unpaired) electrons. The third kappa shape index (κ3) is 4.21. The Hall–Kier alpha value is -1.22. The zero-order chi connectivity index (χ0) is 10.9. The number of methoxy groups -OCH3 is 1. The minimum absolute atomic E-state index is 0.896. The average Bonchev–Trinajstić information content (AvgIpc) is 2.29. The summed E-state index contributed by atoms with van der Waals surface area (Å²) in [7, 11) is 1.69. The van der Waals surface area contributed by atoms with Gasteiger partial charge in [0.15, 0.2) is 0 Å². The van der Waals surface area contributed by atoms with E-state index < -0.39 is 0 Å². The summed E-state index contributed by atoms with van der Waals surface area (Å²) >= 11 is 0. The normalized spacial score (nSPS) is 10.0. The maximum atomic E-state index is 5.24. The van der Waals surface area contributed by atoms with Gasteiger partial charge in [-0.05, 0) is 25.1 Å². The average molecular weight is 208 g/mol. The number of hydrogen-bond acceptors (Lipinski definition) is 3. The zero-order valence-electron chi connectivity index (χ0n) is 9.55. The van der Waals surface area contributed by atoms with Gasteiger partial charge in [-0.3, -0.25) is 0 Å². The third-order valence-corrected chi connectivity index (χ3v) is 2.15. The fraction of sp³-hybridized carbons (Fsp3) is 0.500. The van der Waals surface area contributed by atoms with Crippen molar-refractivity contribution in [2.24, 2.45) is 0 Å². The predicted octanol–water partition coefficient (Wildman–Crippen LogP) is 2.11. The second-order valence-corrected chi connectivity index (χ2v) is 3.38. The van der Waals surface area contributed by atoms with E-state index in [1.165, 1.54) is 6.42 Å². The van der Waals surface area contributed by atoms with Gasteiger partial charge >= 0.3 is 0 Å². The van der Waals surface area contributed by atoms with Crippen LogP contribution in [0.25, 0.3) is 0 Å². The SMILES string of the molecule is CCCNCCNc1ccccc1OC. The topological polar surface area (TPSA) is 33.3 Å². The summed E-state index contributed by atoms with van der Waals surface area (Å²) < 4.78 is 5.24. The van der Waals surface area contributed by atoms with E-state index in [2.05, 4.69) is 17.6 Å². The van der Waals surface area contributed by atoms with Gasteiger partial charge in [0.1, 0.15) is 5.75 Å². The molecule has 0 heterocycles. The molecule has 0 saturated heterocycles. The van der Waals surface area contributed by atoms with Gasteiger partial charge in [-0.1, -0.05) is 19.1 Å². The van der Waals surface area contributed by atoms with Crippen molar-refractivity contribution in [1.82, 2.24) is 5.32 Å². The molecule has 15 heavy (non-hydrogen) atoms. The fourth-order valence-electron chi connectivity index (χ4n) is 1.38. The van der Waals surface area contributed by atoms with Crippen LogP contribution >= 0.6 is 0 Å². The van der Waals surface area contributed by atoms with E-state index in [0.717, 1.165) is 31.1 Å².